The number of amides is 1. The molecule has 0 fully saturated rings. The Balaban J connectivity index is 1.74. The van der Waals surface area contributed by atoms with E-state index in [0.29, 0.717) is 10.8 Å². The minimum absolute atomic E-state index is 0.0400. The summed E-state index contributed by atoms with van der Waals surface area (Å²) in [6.45, 7) is 5.53. The molecule has 2 N–H and O–H groups in total. The first-order chi connectivity index (χ1) is 13.4. The van der Waals surface area contributed by atoms with Gasteiger partial charge in [-0.2, -0.15) is 5.10 Å². The Bertz CT molecular complexity index is 1100. The van der Waals surface area contributed by atoms with Crippen molar-refractivity contribution >= 4 is 28.3 Å². The maximum Gasteiger partial charge on any atom is 0.359 e. The summed E-state index contributed by atoms with van der Waals surface area (Å²) >= 11 is 0. The number of rotatable bonds is 5. The molecule has 1 heterocycles. The molecule has 0 bridgehead atoms. The molecule has 0 unspecified atom stereocenters. The van der Waals surface area contributed by atoms with Crippen molar-refractivity contribution in [2.75, 3.05) is 11.9 Å². The van der Waals surface area contributed by atoms with Gasteiger partial charge in [-0.15, -0.1) is 0 Å². The van der Waals surface area contributed by atoms with Crippen molar-refractivity contribution in [1.82, 2.24) is 10.2 Å². The Kier molecular flexibility index (Phi) is 5.54. The predicted octanol–water partition coefficient (Wildman–Crippen LogP) is 3.15. The van der Waals surface area contributed by atoms with Crippen LogP contribution in [0.3, 0.4) is 0 Å². The smallest absolute Gasteiger partial charge is 0.359 e. The summed E-state index contributed by atoms with van der Waals surface area (Å²) in [5.41, 5.74) is 2.23. The Hall–Kier alpha value is -3.48. The number of aromatic nitrogens is 2. The van der Waals surface area contributed by atoms with E-state index in [1.807, 2.05) is 39.0 Å². The van der Waals surface area contributed by atoms with Crippen LogP contribution in [-0.2, 0) is 9.53 Å². The topological polar surface area (TPSA) is 101 Å². The molecule has 28 heavy (non-hydrogen) atoms. The number of H-pyrrole nitrogens is 1. The Morgan fingerprint density at radius 3 is 2.54 bits per heavy atom. The third-order valence-electron chi connectivity index (χ3n) is 4.42. The third kappa shape index (κ3) is 3.93. The standard InChI is InChI=1S/C21H21N3O4/c1-12(2)14-10-6-7-13(3)18(14)22-17(25)11-28-21(27)19-15-8-4-5-9-16(15)20(26)24-23-19/h4-10,12H,11H2,1-3H3,(H,22,25)(H,24,26). The first-order valence-electron chi connectivity index (χ1n) is 8.92. The molecule has 0 saturated heterocycles. The third-order valence-corrected chi connectivity index (χ3v) is 4.42. The van der Waals surface area contributed by atoms with Crippen LogP contribution >= 0.6 is 0 Å². The fourth-order valence-corrected chi connectivity index (χ4v) is 2.99. The maximum absolute atomic E-state index is 12.4. The molecule has 7 heteroatoms. The number of nitrogens with one attached hydrogen (secondary N) is 2. The van der Waals surface area contributed by atoms with Gasteiger partial charge in [0.05, 0.1) is 5.39 Å². The highest BCUT2D eigenvalue weighted by Gasteiger charge is 2.18. The number of nitrogens with zero attached hydrogens (tertiary/aromatic N) is 1. The van der Waals surface area contributed by atoms with Gasteiger partial charge in [-0.05, 0) is 30.0 Å². The van der Waals surface area contributed by atoms with E-state index in [4.69, 9.17) is 4.74 Å². The molecule has 3 aromatic rings. The van der Waals surface area contributed by atoms with Crippen LogP contribution in [0.1, 0.15) is 41.4 Å². The highest BCUT2D eigenvalue weighted by Crippen LogP contribution is 2.27. The second-order valence-electron chi connectivity index (χ2n) is 6.77. The van der Waals surface area contributed by atoms with E-state index < -0.39 is 24.0 Å². The van der Waals surface area contributed by atoms with Gasteiger partial charge in [0.25, 0.3) is 11.5 Å². The number of fused-ring (bicyclic) bond motifs is 1. The number of esters is 1. The van der Waals surface area contributed by atoms with E-state index in [2.05, 4.69) is 15.5 Å². The summed E-state index contributed by atoms with van der Waals surface area (Å²) in [7, 11) is 0. The SMILES string of the molecule is Cc1cccc(C(C)C)c1NC(=O)COC(=O)c1n[nH]c(=O)c2ccccc12. The van der Waals surface area contributed by atoms with Crippen LogP contribution in [0.5, 0.6) is 0 Å². The molecular weight excluding hydrogens is 358 g/mol. The summed E-state index contributed by atoms with van der Waals surface area (Å²) in [6.07, 6.45) is 0. The van der Waals surface area contributed by atoms with Crippen molar-refractivity contribution in [3.05, 3.63) is 69.6 Å². The molecule has 7 nitrogen and oxygen atoms in total. The second-order valence-corrected chi connectivity index (χ2v) is 6.77. The van der Waals surface area contributed by atoms with Crippen LogP contribution in [0.15, 0.2) is 47.3 Å². The molecule has 0 spiro atoms. The van der Waals surface area contributed by atoms with E-state index in [0.717, 1.165) is 16.8 Å². The van der Waals surface area contributed by atoms with Crippen LogP contribution in [0.2, 0.25) is 0 Å². The number of carbonyl (C=O) groups is 2. The molecular formula is C21H21N3O4. The number of hydrogen-bond acceptors (Lipinski definition) is 5. The van der Waals surface area contributed by atoms with Crippen molar-refractivity contribution in [3.63, 3.8) is 0 Å². The molecule has 0 radical (unpaired) electrons. The number of aromatic amines is 1. The number of benzene rings is 2. The maximum atomic E-state index is 12.4. The molecule has 1 amide bonds. The number of hydrogen-bond donors (Lipinski definition) is 2. The average Bonchev–Trinajstić information content (AvgIpc) is 2.68. The summed E-state index contributed by atoms with van der Waals surface area (Å²) in [4.78, 5) is 36.5. The fraction of sp³-hybridized carbons (Fsp3) is 0.238. The van der Waals surface area contributed by atoms with Crippen LogP contribution in [0.4, 0.5) is 5.69 Å². The predicted molar refractivity (Wildman–Crippen MR) is 107 cm³/mol. The summed E-state index contributed by atoms with van der Waals surface area (Å²) in [5, 5.41) is 9.57. The van der Waals surface area contributed by atoms with Gasteiger partial charge < -0.3 is 10.1 Å². The van der Waals surface area contributed by atoms with Crippen LogP contribution < -0.4 is 10.9 Å². The van der Waals surface area contributed by atoms with E-state index in [1.54, 1.807) is 24.3 Å². The quantitative estimate of drug-likeness (QED) is 0.663. The summed E-state index contributed by atoms with van der Waals surface area (Å²) < 4.78 is 5.11. The first-order valence-corrected chi connectivity index (χ1v) is 8.92. The second kappa shape index (κ2) is 8.04. The van der Waals surface area contributed by atoms with Crippen LogP contribution in [0.25, 0.3) is 10.8 Å². The van der Waals surface area contributed by atoms with Gasteiger partial charge >= 0.3 is 5.97 Å². The molecule has 1 aromatic heterocycles. The fourth-order valence-electron chi connectivity index (χ4n) is 2.99. The molecule has 144 valence electrons. The van der Waals surface area contributed by atoms with Crippen molar-refractivity contribution in [2.24, 2.45) is 0 Å². The van der Waals surface area contributed by atoms with E-state index >= 15 is 0 Å². The zero-order valence-electron chi connectivity index (χ0n) is 15.9. The van der Waals surface area contributed by atoms with E-state index in [-0.39, 0.29) is 11.6 Å². The summed E-state index contributed by atoms with van der Waals surface area (Å²) in [5.74, 6) is -0.996. The lowest BCUT2D eigenvalue weighted by molar-refractivity contribution is -0.119. The monoisotopic (exact) mass is 379 g/mol. The van der Waals surface area contributed by atoms with Gasteiger partial charge in [-0.1, -0.05) is 50.2 Å². The van der Waals surface area contributed by atoms with Gasteiger partial charge in [-0.3, -0.25) is 9.59 Å². The van der Waals surface area contributed by atoms with Crippen LogP contribution in [0, 0.1) is 6.92 Å². The zero-order chi connectivity index (χ0) is 20.3. The highest BCUT2D eigenvalue weighted by atomic mass is 16.5. The van der Waals surface area contributed by atoms with Gasteiger partial charge in [-0.25, -0.2) is 9.89 Å². The lowest BCUT2D eigenvalue weighted by Gasteiger charge is -2.16. The molecule has 0 aliphatic carbocycles. The zero-order valence-corrected chi connectivity index (χ0v) is 15.9. The van der Waals surface area contributed by atoms with Gasteiger partial charge in [0.2, 0.25) is 0 Å². The lowest BCUT2D eigenvalue weighted by atomic mass is 9.98. The van der Waals surface area contributed by atoms with Crippen LogP contribution in [-0.4, -0.2) is 28.7 Å². The molecule has 3 rings (SSSR count). The highest BCUT2D eigenvalue weighted by molar-refractivity contribution is 6.03. The van der Waals surface area contributed by atoms with Gasteiger partial charge in [0.15, 0.2) is 12.3 Å². The van der Waals surface area contributed by atoms with Crippen molar-refractivity contribution in [1.29, 1.82) is 0 Å². The Morgan fingerprint density at radius 2 is 1.82 bits per heavy atom. The molecule has 2 aromatic carbocycles. The molecule has 0 aliphatic rings. The minimum Gasteiger partial charge on any atom is -0.451 e. The number of para-hydroxylation sites is 1. The number of ether oxygens (including phenoxy) is 1. The summed E-state index contributed by atoms with van der Waals surface area (Å²) in [6, 6.07) is 12.4. The van der Waals surface area contributed by atoms with Crippen molar-refractivity contribution in [2.45, 2.75) is 26.7 Å². The number of anilines is 1. The molecule has 0 atom stereocenters. The average molecular weight is 379 g/mol. The lowest BCUT2D eigenvalue weighted by Crippen LogP contribution is -2.23. The van der Waals surface area contributed by atoms with Gasteiger partial charge in [0, 0.05) is 11.1 Å². The number of carbonyl (C=O) groups excluding carboxylic acids is 2. The Morgan fingerprint density at radius 1 is 1.11 bits per heavy atom. The first kappa shape index (κ1) is 19.3. The normalized spacial score (nSPS) is 10.9. The van der Waals surface area contributed by atoms with Crippen molar-refractivity contribution in [3.8, 4) is 0 Å². The molecule has 0 saturated carbocycles. The van der Waals surface area contributed by atoms with Gasteiger partial charge in [0.1, 0.15) is 0 Å². The largest absolute Gasteiger partial charge is 0.451 e. The minimum atomic E-state index is -0.781. The van der Waals surface area contributed by atoms with E-state index in [1.165, 1.54) is 0 Å². The number of aryl methyl sites for hydroxylation is 1. The Labute approximate surface area is 161 Å². The van der Waals surface area contributed by atoms with E-state index in [9.17, 15) is 14.4 Å². The molecule has 0 aliphatic heterocycles. The van der Waals surface area contributed by atoms with Crippen molar-refractivity contribution < 1.29 is 14.3 Å².